The van der Waals surface area contributed by atoms with E-state index in [9.17, 15) is 0 Å². The zero-order chi connectivity index (χ0) is 90.5. The maximum atomic E-state index is 4.05. The van der Waals surface area contributed by atoms with Crippen LogP contribution in [0.2, 0.25) is 0 Å². The van der Waals surface area contributed by atoms with E-state index < -0.39 is 0 Å². The van der Waals surface area contributed by atoms with E-state index in [1.165, 1.54) is 122 Å². The fraction of sp³-hybridized carbons (Fsp3) is 0.306. The van der Waals surface area contributed by atoms with Crippen LogP contribution in [0.5, 0.6) is 0 Å². The van der Waals surface area contributed by atoms with E-state index in [0.29, 0.717) is 5.41 Å². The normalized spacial score (nSPS) is 11.6. The van der Waals surface area contributed by atoms with Crippen molar-refractivity contribution < 1.29 is 0 Å². The van der Waals surface area contributed by atoms with Gasteiger partial charge in [-0.2, -0.15) is 0 Å². The lowest BCUT2D eigenvalue weighted by Crippen LogP contribution is -2.11. The molecule has 2 heteroatoms. The van der Waals surface area contributed by atoms with Crippen LogP contribution in [0, 0.1) is 6.92 Å². The molecule has 0 amide bonds. The van der Waals surface area contributed by atoms with Crippen LogP contribution in [0.1, 0.15) is 243 Å². The topological polar surface area (TPSA) is 25.8 Å². The van der Waals surface area contributed by atoms with Crippen LogP contribution in [0.3, 0.4) is 0 Å². The maximum Gasteiger partial charge on any atom is 0.0305 e. The minimum absolute atomic E-state index is 0.204. The summed E-state index contributed by atoms with van der Waals surface area (Å²) in [6.45, 7) is 62.4. The summed E-state index contributed by atoms with van der Waals surface area (Å²) in [5.74, 6) is 0. The van der Waals surface area contributed by atoms with Crippen molar-refractivity contribution in [3.63, 3.8) is 0 Å². The van der Waals surface area contributed by atoms with Gasteiger partial charge in [0, 0.05) is 24.8 Å². The van der Waals surface area contributed by atoms with E-state index in [-0.39, 0.29) is 43.3 Å². The molecule has 0 N–H and O–H groups in total. The monoisotopic (exact) mass is 1630 g/mol. The molecule has 0 saturated heterocycles. The SMILES string of the molecule is CC(C)(C)c1ccc(-c2ccc(-c3ccccc3)cc2)cc1.CC(C)(C)c1ccc(-c2ccccc2)cc1.CC(C)(C)c1ccc2ccccc2c1.CC(C)(C)c1cccc(-c2ccccc2)c1.CC(C)(C)c1cccc2ccccc12.CC(C)(C)c1ccccc1.CC(C)(C)c1cccnc1.CC(C)(C)c1ccncc1.Cc1ccc(C(C)(C)C)cc1. The first-order chi connectivity index (χ1) is 57.7. The number of benzene rings is 13. The number of aryl methyl sites for hydroxylation is 1. The second-order valence-corrected chi connectivity index (χ2v) is 41.5. The van der Waals surface area contributed by atoms with Crippen molar-refractivity contribution in [2.24, 2.45) is 0 Å². The molecular weight excluding hydrogens is 1480 g/mol. The fourth-order valence-electron chi connectivity index (χ4n) is 13.4. The largest absolute Gasteiger partial charge is 0.265 e. The summed E-state index contributed by atoms with van der Waals surface area (Å²) >= 11 is 0. The van der Waals surface area contributed by atoms with Crippen LogP contribution >= 0.6 is 0 Å². The van der Waals surface area contributed by atoms with Crippen molar-refractivity contribution in [2.75, 3.05) is 0 Å². The number of rotatable bonds is 4. The molecule has 0 atom stereocenters. The highest BCUT2D eigenvalue weighted by atomic mass is 14.6. The standard InChI is InChI=1S/C22H22.2C16H18.2C14H16.C11H16.C10H14.2C9H13N/c1-22(2,3)21-15-13-20(14-16-21)19-11-9-18(10-12-19)17-7-5-4-6-8-17;1-16(2,3)15-11-7-10-14(12-15)13-8-5-4-6-9-13;1-16(2,3)15-11-9-14(10-12-15)13-7-5-4-6-8-13;1-14(2,3)13-10-6-8-11-7-4-5-9-12(11)13;1-14(2,3)13-9-8-11-6-4-5-7-12(11)10-13;1-9-5-7-10(8-6-9)11(2,3)4;1-10(2,3)9-7-5-4-6-8-9;1-9(2,3)8-4-6-10-7-5-8;1-9(2,3)8-5-4-6-10-7-8/h4-16H,1-3H3;2*4-12H,1-3H3;2*4-10H,1-3H3;5-8H,1-4H3;4-8H,1-3H3;2*4-7H,1-3H3. The third kappa shape index (κ3) is 33.5. The summed E-state index contributed by atoms with van der Waals surface area (Å²) in [7, 11) is 0. The first kappa shape index (κ1) is 98.8. The predicted octanol–water partition coefficient (Wildman–Crippen LogP) is 34.9. The fourth-order valence-corrected chi connectivity index (χ4v) is 13.4. The summed E-state index contributed by atoms with van der Waals surface area (Å²) in [5, 5.41) is 5.36. The van der Waals surface area contributed by atoms with Gasteiger partial charge in [0.05, 0.1) is 0 Å². The lowest BCUT2D eigenvalue weighted by Gasteiger charge is -2.21. The van der Waals surface area contributed by atoms with Gasteiger partial charge in [0.25, 0.3) is 0 Å². The maximum absolute atomic E-state index is 4.05. The highest BCUT2D eigenvalue weighted by molar-refractivity contribution is 5.87. The summed E-state index contributed by atoms with van der Waals surface area (Å²) in [6, 6.07) is 125. The average Bonchev–Trinajstić information content (AvgIpc) is 0.798. The Morgan fingerprint density at radius 3 is 0.805 bits per heavy atom. The van der Waals surface area contributed by atoms with E-state index in [1.54, 1.807) is 6.20 Å². The molecule has 2 nitrogen and oxygen atoms in total. The molecule has 0 aliphatic carbocycles. The second kappa shape index (κ2) is 44.7. The van der Waals surface area contributed by atoms with Gasteiger partial charge in [0.15, 0.2) is 0 Å². The van der Waals surface area contributed by atoms with Gasteiger partial charge in [0.2, 0.25) is 0 Å². The smallest absolute Gasteiger partial charge is 0.0305 e. The van der Waals surface area contributed by atoms with Crippen molar-refractivity contribution in [1.29, 1.82) is 0 Å². The first-order valence-corrected chi connectivity index (χ1v) is 44.2. The summed E-state index contributed by atoms with van der Waals surface area (Å²) in [4.78, 5) is 8.01. The molecule has 0 radical (unpaired) electrons. The molecule has 15 aromatic rings. The molecule has 15 rings (SSSR count). The minimum Gasteiger partial charge on any atom is -0.265 e. The molecule has 0 bridgehead atoms. The van der Waals surface area contributed by atoms with Crippen LogP contribution in [-0.4, -0.2) is 9.97 Å². The van der Waals surface area contributed by atoms with Gasteiger partial charge in [-0.15, -0.1) is 0 Å². The second-order valence-electron chi connectivity index (χ2n) is 41.5. The van der Waals surface area contributed by atoms with Gasteiger partial charge in [0.1, 0.15) is 0 Å². The number of hydrogen-bond acceptors (Lipinski definition) is 2. The Bertz CT molecular complexity index is 5380. The van der Waals surface area contributed by atoms with Crippen molar-refractivity contribution in [3.8, 4) is 44.5 Å². The number of aromatic nitrogens is 2. The molecular formula is C121H146N2. The molecule has 0 aliphatic rings. The van der Waals surface area contributed by atoms with Crippen LogP contribution in [0.15, 0.2) is 377 Å². The molecule has 13 aromatic carbocycles. The summed E-state index contributed by atoms with van der Waals surface area (Å²) in [5.41, 5.74) is 26.1. The van der Waals surface area contributed by atoms with E-state index in [1.807, 2.05) is 30.7 Å². The Labute approximate surface area is 745 Å². The Kier molecular flexibility index (Phi) is 35.9. The molecule has 2 aromatic heterocycles. The van der Waals surface area contributed by atoms with Crippen molar-refractivity contribution in [3.05, 3.63) is 432 Å². The molecule has 2 heterocycles. The Balaban J connectivity index is 0.000000193. The molecule has 0 unspecified atom stereocenters. The Morgan fingerprint density at radius 2 is 0.439 bits per heavy atom. The lowest BCUT2D eigenvalue weighted by atomic mass is 9.84. The van der Waals surface area contributed by atoms with Gasteiger partial charge in [-0.05, 0) is 190 Å². The first-order valence-electron chi connectivity index (χ1n) is 44.2. The third-order valence-electron chi connectivity index (χ3n) is 21.6. The van der Waals surface area contributed by atoms with E-state index in [2.05, 4.69) is 544 Å². The zero-order valence-electron chi connectivity index (χ0n) is 80.2. The van der Waals surface area contributed by atoms with Gasteiger partial charge >= 0.3 is 0 Å². The molecule has 123 heavy (non-hydrogen) atoms. The molecule has 0 spiro atoms. The van der Waals surface area contributed by atoms with Crippen LogP contribution in [0.4, 0.5) is 0 Å². The quantitative estimate of drug-likeness (QED) is 0.175. The van der Waals surface area contributed by atoms with Crippen molar-refractivity contribution in [1.82, 2.24) is 9.97 Å². The molecule has 0 aliphatic heterocycles. The van der Waals surface area contributed by atoms with E-state index >= 15 is 0 Å². The van der Waals surface area contributed by atoms with Crippen LogP contribution < -0.4 is 0 Å². The Hall–Kier alpha value is -11.3. The van der Waals surface area contributed by atoms with E-state index in [0.717, 1.165) is 0 Å². The highest BCUT2D eigenvalue weighted by Gasteiger charge is 2.20. The molecule has 0 fully saturated rings. The average molecular weight is 1630 g/mol. The number of nitrogens with zero attached hydrogens (tertiary/aromatic N) is 2. The van der Waals surface area contributed by atoms with Gasteiger partial charge in [-0.25, -0.2) is 0 Å². The highest BCUT2D eigenvalue weighted by Crippen LogP contribution is 2.34. The minimum atomic E-state index is 0.204. The van der Waals surface area contributed by atoms with Crippen molar-refractivity contribution in [2.45, 2.75) is 243 Å². The zero-order valence-corrected chi connectivity index (χ0v) is 80.2. The lowest BCUT2D eigenvalue weighted by molar-refractivity contribution is 0.587. The number of hydrogen-bond donors (Lipinski definition) is 0. The van der Waals surface area contributed by atoms with Gasteiger partial charge < -0.3 is 0 Å². The predicted molar refractivity (Wildman–Crippen MR) is 543 cm³/mol. The van der Waals surface area contributed by atoms with Crippen LogP contribution in [-0.2, 0) is 48.7 Å². The number of fused-ring (bicyclic) bond motifs is 2. The molecule has 640 valence electrons. The van der Waals surface area contributed by atoms with Crippen LogP contribution in [0.25, 0.3) is 66.1 Å². The third-order valence-corrected chi connectivity index (χ3v) is 21.6. The number of pyridine rings is 2. The molecule has 0 saturated carbocycles. The van der Waals surface area contributed by atoms with Crippen molar-refractivity contribution >= 4 is 21.5 Å². The summed E-state index contributed by atoms with van der Waals surface area (Å²) in [6.07, 6.45) is 7.39. The van der Waals surface area contributed by atoms with Gasteiger partial charge in [-0.3, -0.25) is 9.97 Å². The Morgan fingerprint density at radius 1 is 0.163 bits per heavy atom. The van der Waals surface area contributed by atoms with E-state index in [4.69, 9.17) is 0 Å². The van der Waals surface area contributed by atoms with Gasteiger partial charge in [-0.1, -0.05) is 526 Å². The summed E-state index contributed by atoms with van der Waals surface area (Å²) < 4.78 is 0.